The topological polar surface area (TPSA) is 54.6 Å². The Balaban J connectivity index is 1.80. The lowest BCUT2D eigenvalue weighted by atomic mass is 9.95. The Labute approximate surface area is 122 Å². The van der Waals surface area contributed by atoms with Gasteiger partial charge in [0.1, 0.15) is 5.65 Å². The van der Waals surface area contributed by atoms with E-state index in [9.17, 15) is 9.90 Å². The van der Waals surface area contributed by atoms with Gasteiger partial charge in [-0.3, -0.25) is 4.79 Å². The predicted molar refractivity (Wildman–Crippen MR) is 80.2 cm³/mol. The Morgan fingerprint density at radius 1 is 1.10 bits per heavy atom. The molecule has 1 N–H and O–H groups in total. The number of hydrogen-bond donors (Lipinski definition) is 1. The Kier molecular flexibility index (Phi) is 3.69. The molecule has 0 aliphatic carbocycles. The van der Waals surface area contributed by atoms with Crippen molar-refractivity contribution >= 4 is 11.6 Å². The third kappa shape index (κ3) is 3.11. The molecule has 4 nitrogen and oxygen atoms in total. The smallest absolute Gasteiger partial charge is 0.307 e. The van der Waals surface area contributed by atoms with Crippen molar-refractivity contribution in [2.75, 3.05) is 0 Å². The van der Waals surface area contributed by atoms with Crippen LogP contribution in [0.3, 0.4) is 0 Å². The van der Waals surface area contributed by atoms with E-state index < -0.39 is 11.9 Å². The van der Waals surface area contributed by atoms with Crippen LogP contribution in [0.1, 0.15) is 11.3 Å². The third-order valence-electron chi connectivity index (χ3n) is 3.54. The van der Waals surface area contributed by atoms with E-state index in [0.717, 1.165) is 16.9 Å². The maximum atomic E-state index is 11.5. The molecule has 2 aromatic heterocycles. The van der Waals surface area contributed by atoms with Crippen molar-refractivity contribution in [1.82, 2.24) is 9.38 Å². The average Bonchev–Trinajstić information content (AvgIpc) is 2.90. The second kappa shape index (κ2) is 5.79. The van der Waals surface area contributed by atoms with Crippen molar-refractivity contribution in [2.24, 2.45) is 5.92 Å². The molecule has 0 fully saturated rings. The fourth-order valence-electron chi connectivity index (χ4n) is 2.48. The minimum absolute atomic E-state index is 0.436. The van der Waals surface area contributed by atoms with E-state index in [4.69, 9.17) is 0 Å². The van der Waals surface area contributed by atoms with Gasteiger partial charge in [-0.2, -0.15) is 0 Å². The van der Waals surface area contributed by atoms with Crippen molar-refractivity contribution in [2.45, 2.75) is 12.8 Å². The fraction of sp³-hybridized carbons (Fsp3) is 0.176. The van der Waals surface area contributed by atoms with E-state index in [1.54, 1.807) is 0 Å². The van der Waals surface area contributed by atoms with Crippen LogP contribution in [-0.2, 0) is 17.6 Å². The molecule has 1 aromatic carbocycles. The molecule has 0 saturated heterocycles. The minimum Gasteiger partial charge on any atom is -0.481 e. The number of hydrogen-bond acceptors (Lipinski definition) is 2. The standard InChI is InChI=1S/C17H16N2O2/c20-17(21)14(10-13-6-2-1-3-7-13)11-15-12-19-9-5-4-8-16(19)18-15/h1-9,12,14H,10-11H2,(H,20,21). The maximum absolute atomic E-state index is 11.5. The first-order valence-corrected chi connectivity index (χ1v) is 6.92. The lowest BCUT2D eigenvalue weighted by Crippen LogP contribution is -2.19. The highest BCUT2D eigenvalue weighted by atomic mass is 16.4. The zero-order valence-corrected chi connectivity index (χ0v) is 11.5. The van der Waals surface area contributed by atoms with Crippen LogP contribution in [0.5, 0.6) is 0 Å². The van der Waals surface area contributed by atoms with Gasteiger partial charge in [-0.25, -0.2) is 4.98 Å². The Morgan fingerprint density at radius 3 is 2.57 bits per heavy atom. The first-order valence-electron chi connectivity index (χ1n) is 6.92. The second-order valence-corrected chi connectivity index (χ2v) is 5.13. The number of nitrogens with zero attached hydrogens (tertiary/aromatic N) is 2. The summed E-state index contributed by atoms with van der Waals surface area (Å²) in [7, 11) is 0. The summed E-state index contributed by atoms with van der Waals surface area (Å²) < 4.78 is 1.91. The van der Waals surface area contributed by atoms with E-state index in [-0.39, 0.29) is 0 Å². The van der Waals surface area contributed by atoms with Crippen LogP contribution in [-0.4, -0.2) is 20.5 Å². The number of carbonyl (C=O) groups is 1. The third-order valence-corrected chi connectivity index (χ3v) is 3.54. The summed E-state index contributed by atoms with van der Waals surface area (Å²) in [6.45, 7) is 0. The minimum atomic E-state index is -0.782. The van der Waals surface area contributed by atoms with Crippen LogP contribution in [0.15, 0.2) is 60.9 Å². The van der Waals surface area contributed by atoms with Crippen LogP contribution < -0.4 is 0 Å². The molecular formula is C17H16N2O2. The van der Waals surface area contributed by atoms with Gasteiger partial charge in [-0.15, -0.1) is 0 Å². The van der Waals surface area contributed by atoms with E-state index in [2.05, 4.69) is 4.98 Å². The molecule has 2 heterocycles. The van der Waals surface area contributed by atoms with E-state index in [1.807, 2.05) is 65.3 Å². The van der Waals surface area contributed by atoms with Gasteiger partial charge in [0.15, 0.2) is 0 Å². The van der Waals surface area contributed by atoms with Crippen LogP contribution in [0.4, 0.5) is 0 Å². The van der Waals surface area contributed by atoms with Gasteiger partial charge in [-0.1, -0.05) is 36.4 Å². The highest BCUT2D eigenvalue weighted by Crippen LogP contribution is 2.15. The number of fused-ring (bicyclic) bond motifs is 1. The number of imidazole rings is 1. The summed E-state index contributed by atoms with van der Waals surface area (Å²) in [5, 5.41) is 9.44. The number of aromatic nitrogens is 2. The Morgan fingerprint density at radius 2 is 1.86 bits per heavy atom. The van der Waals surface area contributed by atoms with Crippen LogP contribution in [0.25, 0.3) is 5.65 Å². The number of benzene rings is 1. The number of rotatable bonds is 5. The molecule has 0 spiro atoms. The Bertz CT molecular complexity index is 717. The van der Waals surface area contributed by atoms with Crippen molar-refractivity contribution < 1.29 is 9.90 Å². The zero-order valence-electron chi connectivity index (χ0n) is 11.5. The van der Waals surface area contributed by atoms with Crippen LogP contribution in [0, 0.1) is 5.92 Å². The van der Waals surface area contributed by atoms with Gasteiger partial charge in [0.2, 0.25) is 0 Å². The summed E-state index contributed by atoms with van der Waals surface area (Å²) >= 11 is 0. The molecule has 0 saturated carbocycles. The number of pyridine rings is 1. The molecular weight excluding hydrogens is 264 g/mol. The summed E-state index contributed by atoms with van der Waals surface area (Å²) in [4.78, 5) is 16.0. The molecule has 0 aliphatic heterocycles. The van der Waals surface area contributed by atoms with E-state index >= 15 is 0 Å². The quantitative estimate of drug-likeness (QED) is 0.782. The number of carboxylic acids is 1. The fourth-order valence-corrected chi connectivity index (χ4v) is 2.48. The van der Waals surface area contributed by atoms with Crippen molar-refractivity contribution in [3.8, 4) is 0 Å². The highest BCUT2D eigenvalue weighted by molar-refractivity contribution is 5.70. The molecule has 1 atom stereocenters. The van der Waals surface area contributed by atoms with Gasteiger partial charge in [-0.05, 0) is 24.1 Å². The molecule has 0 bridgehead atoms. The van der Waals surface area contributed by atoms with Crippen LogP contribution >= 0.6 is 0 Å². The van der Waals surface area contributed by atoms with Crippen molar-refractivity contribution in [1.29, 1.82) is 0 Å². The SMILES string of the molecule is O=C(O)C(Cc1ccccc1)Cc1cn2ccccc2n1. The molecule has 3 rings (SSSR count). The largest absolute Gasteiger partial charge is 0.481 e. The molecule has 0 radical (unpaired) electrons. The molecule has 0 aliphatic rings. The Hall–Kier alpha value is -2.62. The second-order valence-electron chi connectivity index (χ2n) is 5.13. The van der Waals surface area contributed by atoms with E-state index in [1.165, 1.54) is 0 Å². The van der Waals surface area contributed by atoms with Gasteiger partial charge in [0, 0.05) is 18.8 Å². The molecule has 21 heavy (non-hydrogen) atoms. The summed E-state index contributed by atoms with van der Waals surface area (Å²) in [5.41, 5.74) is 2.69. The summed E-state index contributed by atoms with van der Waals surface area (Å²) in [6, 6.07) is 15.5. The predicted octanol–water partition coefficient (Wildman–Crippen LogP) is 2.82. The van der Waals surface area contributed by atoms with Crippen molar-refractivity contribution in [3.63, 3.8) is 0 Å². The van der Waals surface area contributed by atoms with E-state index in [0.29, 0.717) is 12.8 Å². The lowest BCUT2D eigenvalue weighted by molar-refractivity contribution is -0.141. The lowest BCUT2D eigenvalue weighted by Gasteiger charge is -2.10. The maximum Gasteiger partial charge on any atom is 0.307 e. The van der Waals surface area contributed by atoms with Crippen LogP contribution in [0.2, 0.25) is 0 Å². The first kappa shape index (κ1) is 13.4. The monoisotopic (exact) mass is 280 g/mol. The van der Waals surface area contributed by atoms with Gasteiger partial charge in [0.25, 0.3) is 0 Å². The highest BCUT2D eigenvalue weighted by Gasteiger charge is 2.20. The van der Waals surface area contributed by atoms with Gasteiger partial charge < -0.3 is 9.51 Å². The van der Waals surface area contributed by atoms with Crippen molar-refractivity contribution in [3.05, 3.63) is 72.2 Å². The number of carboxylic acid groups (broad SMARTS) is 1. The number of aliphatic carboxylic acids is 1. The molecule has 4 heteroatoms. The average molecular weight is 280 g/mol. The summed E-state index contributed by atoms with van der Waals surface area (Å²) in [5.74, 6) is -1.24. The first-order chi connectivity index (χ1) is 10.2. The van der Waals surface area contributed by atoms with Gasteiger partial charge >= 0.3 is 5.97 Å². The molecule has 1 unspecified atom stereocenters. The zero-order chi connectivity index (χ0) is 14.7. The summed E-state index contributed by atoms with van der Waals surface area (Å²) in [6.07, 6.45) is 4.77. The molecule has 3 aromatic rings. The molecule has 106 valence electrons. The molecule has 0 amide bonds. The van der Waals surface area contributed by atoms with Gasteiger partial charge in [0.05, 0.1) is 11.6 Å². The normalized spacial score (nSPS) is 12.4.